The van der Waals surface area contributed by atoms with Crippen LogP contribution in [0, 0.1) is 0 Å². The van der Waals surface area contributed by atoms with E-state index >= 15 is 0 Å². The molecule has 18 heavy (non-hydrogen) atoms. The highest BCUT2D eigenvalue weighted by Gasteiger charge is 2.36. The van der Waals surface area contributed by atoms with Crippen LogP contribution in [0.1, 0.15) is 42.7 Å². The zero-order valence-corrected chi connectivity index (χ0v) is 12.0. The Morgan fingerprint density at radius 2 is 2.28 bits per heavy atom. The lowest BCUT2D eigenvalue weighted by molar-refractivity contribution is 0.0566. The predicted molar refractivity (Wildman–Crippen MR) is 71.5 cm³/mol. The van der Waals surface area contributed by atoms with Crippen molar-refractivity contribution in [3.05, 3.63) is 22.4 Å². The molecule has 1 saturated heterocycles. The zero-order chi connectivity index (χ0) is 12.9. The molecule has 1 amide bonds. The van der Waals surface area contributed by atoms with Crippen molar-refractivity contribution in [2.75, 3.05) is 13.1 Å². The summed E-state index contributed by atoms with van der Waals surface area (Å²) in [5.74, 6) is 0.0328. The van der Waals surface area contributed by atoms with Crippen molar-refractivity contribution in [3.8, 4) is 0 Å². The summed E-state index contributed by atoms with van der Waals surface area (Å²) in [4.78, 5) is 14.2. The smallest absolute Gasteiger partial charge is 0.270 e. The lowest BCUT2D eigenvalue weighted by atomic mass is 10.1. The van der Waals surface area contributed by atoms with Crippen LogP contribution in [-0.4, -0.2) is 39.2 Å². The van der Waals surface area contributed by atoms with Crippen LogP contribution in [0.25, 0.3) is 0 Å². The third kappa shape index (κ3) is 2.21. The van der Waals surface area contributed by atoms with E-state index in [4.69, 9.17) is 0 Å². The van der Waals surface area contributed by atoms with Gasteiger partial charge in [-0.05, 0) is 48.2 Å². The quantitative estimate of drug-likeness (QED) is 0.910. The number of amides is 1. The van der Waals surface area contributed by atoms with Crippen LogP contribution in [0.5, 0.6) is 0 Å². The Hall–Kier alpha value is -0.810. The molecule has 0 spiro atoms. The molecule has 1 aromatic rings. The van der Waals surface area contributed by atoms with Crippen LogP contribution in [0.4, 0.5) is 0 Å². The maximum Gasteiger partial charge on any atom is 0.270 e. The third-order valence-electron chi connectivity index (χ3n) is 3.71. The number of hydrogen-bond acceptors (Lipinski definition) is 2. The summed E-state index contributed by atoms with van der Waals surface area (Å²) in [7, 11) is 0. The number of rotatable bonds is 2. The molecule has 0 aromatic carbocycles. The third-order valence-corrected chi connectivity index (χ3v) is 4.15. The van der Waals surface area contributed by atoms with Crippen LogP contribution >= 0.6 is 15.9 Å². The number of aromatic nitrogens is 1. The van der Waals surface area contributed by atoms with Crippen molar-refractivity contribution in [1.82, 2.24) is 9.47 Å². The molecule has 2 heterocycles. The summed E-state index contributed by atoms with van der Waals surface area (Å²) in [6, 6.07) is 2.37. The van der Waals surface area contributed by atoms with Gasteiger partial charge in [0.05, 0.1) is 5.60 Å². The molecule has 0 radical (unpaired) electrons. The molecular weight excluding hydrogens is 296 g/mol. The summed E-state index contributed by atoms with van der Waals surface area (Å²) in [6.07, 6.45) is 4.95. The van der Waals surface area contributed by atoms with Crippen molar-refractivity contribution in [3.63, 3.8) is 0 Å². The zero-order valence-electron chi connectivity index (χ0n) is 10.4. The van der Waals surface area contributed by atoms with Crippen molar-refractivity contribution in [2.45, 2.75) is 37.8 Å². The number of aliphatic hydroxyl groups is 1. The fraction of sp³-hybridized carbons (Fsp3) is 0.615. The predicted octanol–water partition coefficient (Wildman–Crippen LogP) is 2.18. The van der Waals surface area contributed by atoms with Crippen LogP contribution in [0.2, 0.25) is 0 Å². The summed E-state index contributed by atoms with van der Waals surface area (Å²) >= 11 is 3.44. The first-order valence-corrected chi connectivity index (χ1v) is 7.15. The van der Waals surface area contributed by atoms with Crippen molar-refractivity contribution in [2.24, 2.45) is 0 Å². The van der Waals surface area contributed by atoms with Gasteiger partial charge in [-0.2, -0.15) is 0 Å². The van der Waals surface area contributed by atoms with E-state index < -0.39 is 5.60 Å². The molecule has 5 heteroatoms. The molecule has 2 aliphatic rings. The fourth-order valence-corrected chi connectivity index (χ4v) is 2.99. The molecule has 1 saturated carbocycles. The molecule has 1 N–H and O–H groups in total. The summed E-state index contributed by atoms with van der Waals surface area (Å²) in [5.41, 5.74) is 0.00579. The van der Waals surface area contributed by atoms with Gasteiger partial charge in [0.2, 0.25) is 0 Å². The molecule has 1 unspecified atom stereocenters. The molecular formula is C13H17BrN2O2. The van der Waals surface area contributed by atoms with E-state index in [0.29, 0.717) is 25.6 Å². The minimum absolute atomic E-state index is 0.0328. The van der Waals surface area contributed by atoms with E-state index in [2.05, 4.69) is 20.5 Å². The second-order valence-corrected chi connectivity index (χ2v) is 6.57. The number of β-amino-alcohol motifs (C(OH)–C–C–N with tert-alkyl or cyclic N) is 1. The minimum atomic E-state index is -0.732. The number of nitrogens with zero attached hydrogens (tertiary/aromatic N) is 2. The van der Waals surface area contributed by atoms with Gasteiger partial charge in [-0.15, -0.1) is 0 Å². The number of halogens is 1. The van der Waals surface area contributed by atoms with Gasteiger partial charge in [-0.25, -0.2) is 0 Å². The molecule has 1 atom stereocenters. The first-order chi connectivity index (χ1) is 8.46. The highest BCUT2D eigenvalue weighted by atomic mass is 79.9. The number of carbonyl (C=O) groups excluding carboxylic acids is 1. The summed E-state index contributed by atoms with van der Waals surface area (Å²) in [6.45, 7) is 2.86. The highest BCUT2D eigenvalue weighted by Crippen LogP contribution is 2.38. The Kier molecular flexibility index (Phi) is 2.79. The van der Waals surface area contributed by atoms with Crippen LogP contribution < -0.4 is 0 Å². The van der Waals surface area contributed by atoms with Gasteiger partial charge in [0.15, 0.2) is 0 Å². The van der Waals surface area contributed by atoms with Gasteiger partial charge >= 0.3 is 0 Å². The Bertz CT molecular complexity index is 491. The minimum Gasteiger partial charge on any atom is -0.388 e. The average Bonchev–Trinajstić information content (AvgIpc) is 2.98. The molecule has 1 aliphatic carbocycles. The van der Waals surface area contributed by atoms with Crippen LogP contribution in [-0.2, 0) is 0 Å². The Morgan fingerprint density at radius 1 is 1.56 bits per heavy atom. The highest BCUT2D eigenvalue weighted by molar-refractivity contribution is 9.10. The summed E-state index contributed by atoms with van der Waals surface area (Å²) in [5, 5.41) is 9.95. The van der Waals surface area contributed by atoms with Crippen LogP contribution in [0.15, 0.2) is 16.7 Å². The lowest BCUT2D eigenvalue weighted by Crippen LogP contribution is -2.34. The second kappa shape index (κ2) is 4.10. The van der Waals surface area contributed by atoms with E-state index in [0.717, 1.165) is 23.0 Å². The topological polar surface area (TPSA) is 45.5 Å². The Labute approximate surface area is 115 Å². The van der Waals surface area contributed by atoms with Crippen LogP contribution in [0.3, 0.4) is 0 Å². The Morgan fingerprint density at radius 3 is 2.83 bits per heavy atom. The van der Waals surface area contributed by atoms with Gasteiger partial charge in [-0.3, -0.25) is 4.79 Å². The number of hydrogen-bond donors (Lipinski definition) is 1. The second-order valence-electron chi connectivity index (χ2n) is 5.66. The maximum atomic E-state index is 12.5. The molecule has 1 aliphatic heterocycles. The molecule has 3 rings (SSSR count). The SMILES string of the molecule is CC1(O)CCN(C(=O)c2cc(Br)cn2C2CC2)C1. The number of carbonyl (C=O) groups is 1. The molecule has 4 nitrogen and oxygen atoms in total. The van der Waals surface area contributed by atoms with Gasteiger partial charge < -0.3 is 14.6 Å². The first kappa shape index (κ1) is 12.2. The normalized spacial score (nSPS) is 27.8. The maximum absolute atomic E-state index is 12.5. The molecule has 2 fully saturated rings. The monoisotopic (exact) mass is 312 g/mol. The van der Waals surface area contributed by atoms with E-state index in [9.17, 15) is 9.90 Å². The van der Waals surface area contributed by atoms with Crippen molar-refractivity contribution >= 4 is 21.8 Å². The van der Waals surface area contributed by atoms with Gasteiger partial charge in [0.1, 0.15) is 5.69 Å². The van der Waals surface area contributed by atoms with Gasteiger partial charge in [0.25, 0.3) is 5.91 Å². The van der Waals surface area contributed by atoms with E-state index in [1.807, 2.05) is 12.3 Å². The first-order valence-electron chi connectivity index (χ1n) is 6.35. The van der Waals surface area contributed by atoms with Crippen molar-refractivity contribution in [1.29, 1.82) is 0 Å². The van der Waals surface area contributed by atoms with Crippen molar-refractivity contribution < 1.29 is 9.90 Å². The van der Waals surface area contributed by atoms with E-state index in [-0.39, 0.29) is 5.91 Å². The largest absolute Gasteiger partial charge is 0.388 e. The molecule has 1 aromatic heterocycles. The molecule has 98 valence electrons. The van der Waals surface area contributed by atoms with E-state index in [1.165, 1.54) is 0 Å². The molecule has 0 bridgehead atoms. The summed E-state index contributed by atoms with van der Waals surface area (Å²) < 4.78 is 3.02. The van der Waals surface area contributed by atoms with E-state index in [1.54, 1.807) is 11.8 Å². The average molecular weight is 313 g/mol. The standard InChI is InChI=1S/C13H17BrN2O2/c1-13(18)4-5-15(8-13)12(17)11-6-9(14)7-16(11)10-2-3-10/h6-7,10,18H,2-5,8H2,1H3. The Balaban J connectivity index is 1.84. The van der Waals surface area contributed by atoms with Gasteiger partial charge in [0, 0.05) is 29.8 Å². The fourth-order valence-electron chi connectivity index (χ4n) is 2.55. The number of likely N-dealkylation sites (tertiary alicyclic amines) is 1. The van der Waals surface area contributed by atoms with Gasteiger partial charge in [-0.1, -0.05) is 0 Å². The lowest BCUT2D eigenvalue weighted by Gasteiger charge is -2.19.